The Morgan fingerprint density at radius 3 is 2.90 bits per heavy atom. The first-order valence-corrected chi connectivity index (χ1v) is 6.97. The Labute approximate surface area is 123 Å². The zero-order valence-electron chi connectivity index (χ0n) is 11.2. The topological polar surface area (TPSA) is 136 Å². The number of nitrogens with one attached hydrogen (secondary N) is 1. The maximum atomic E-state index is 11.1. The van der Waals surface area contributed by atoms with Crippen LogP contribution in [-0.2, 0) is 17.8 Å². The number of nitrogens with zero attached hydrogens (tertiary/aromatic N) is 4. The molecule has 112 valence electrons. The first kappa shape index (κ1) is 15.1. The van der Waals surface area contributed by atoms with Gasteiger partial charge in [-0.3, -0.25) is 4.79 Å². The molecule has 0 saturated heterocycles. The highest BCUT2D eigenvalue weighted by Crippen LogP contribution is 2.17. The molecule has 2 rings (SSSR count). The van der Waals surface area contributed by atoms with Crippen molar-refractivity contribution in [2.24, 2.45) is 5.73 Å². The van der Waals surface area contributed by atoms with E-state index >= 15 is 0 Å². The van der Waals surface area contributed by atoms with Crippen molar-refractivity contribution in [3.05, 3.63) is 22.5 Å². The van der Waals surface area contributed by atoms with Gasteiger partial charge < -0.3 is 16.2 Å². The average Bonchev–Trinajstić information content (AvgIpc) is 2.98. The van der Waals surface area contributed by atoms with Crippen molar-refractivity contribution >= 4 is 28.3 Å². The van der Waals surface area contributed by atoms with Gasteiger partial charge in [0.05, 0.1) is 17.9 Å². The van der Waals surface area contributed by atoms with Gasteiger partial charge in [-0.15, -0.1) is 16.4 Å². The second-order valence-corrected chi connectivity index (χ2v) is 5.07. The maximum absolute atomic E-state index is 11.1. The second-order valence-electron chi connectivity index (χ2n) is 4.21. The Bertz CT molecular complexity index is 665. The minimum atomic E-state index is -1.14. The number of carbonyl (C=O) groups is 2. The van der Waals surface area contributed by atoms with Gasteiger partial charge in [-0.25, -0.2) is 14.5 Å². The van der Waals surface area contributed by atoms with E-state index in [1.165, 1.54) is 22.9 Å². The summed E-state index contributed by atoms with van der Waals surface area (Å²) < 4.78 is 1.46. The lowest BCUT2D eigenvalue weighted by Crippen LogP contribution is -2.14. The third kappa shape index (κ3) is 3.61. The van der Waals surface area contributed by atoms with Gasteiger partial charge in [-0.1, -0.05) is 5.21 Å². The predicted octanol–water partition coefficient (Wildman–Crippen LogP) is -0.0593. The van der Waals surface area contributed by atoms with Crippen LogP contribution < -0.4 is 11.1 Å². The lowest BCUT2D eigenvalue weighted by Gasteiger charge is -2.04. The van der Waals surface area contributed by atoms with Gasteiger partial charge in [0.25, 0.3) is 0 Å². The van der Waals surface area contributed by atoms with Crippen molar-refractivity contribution in [2.45, 2.75) is 19.9 Å². The van der Waals surface area contributed by atoms with Gasteiger partial charge in [0, 0.05) is 18.7 Å². The lowest BCUT2D eigenvalue weighted by atomic mass is 10.2. The van der Waals surface area contributed by atoms with E-state index in [1.54, 1.807) is 5.38 Å². The third-order valence-electron chi connectivity index (χ3n) is 2.57. The molecule has 2 aromatic rings. The van der Waals surface area contributed by atoms with E-state index < -0.39 is 5.97 Å². The summed E-state index contributed by atoms with van der Waals surface area (Å²) in [5.74, 6) is -1.34. The molecule has 0 aliphatic rings. The summed E-state index contributed by atoms with van der Waals surface area (Å²) in [6.07, 6.45) is 0.358. The Morgan fingerprint density at radius 1 is 1.52 bits per heavy atom. The Hall–Kier alpha value is -2.33. The van der Waals surface area contributed by atoms with Gasteiger partial charge in [-0.05, 0) is 6.54 Å². The summed E-state index contributed by atoms with van der Waals surface area (Å²) in [6, 6.07) is 0. The molecule has 0 radical (unpaired) electrons. The van der Waals surface area contributed by atoms with Crippen LogP contribution in [0.25, 0.3) is 0 Å². The largest absolute Gasteiger partial charge is 0.476 e. The van der Waals surface area contributed by atoms with Crippen LogP contribution in [0.2, 0.25) is 0 Å². The lowest BCUT2D eigenvalue weighted by molar-refractivity contribution is -0.114. The summed E-state index contributed by atoms with van der Waals surface area (Å²) in [4.78, 5) is 26.2. The fraction of sp³-hybridized carbons (Fsp3) is 0.364. The minimum Gasteiger partial charge on any atom is -0.476 e. The van der Waals surface area contributed by atoms with Crippen molar-refractivity contribution in [3.63, 3.8) is 0 Å². The Morgan fingerprint density at radius 2 is 2.29 bits per heavy atom. The predicted molar refractivity (Wildman–Crippen MR) is 75.3 cm³/mol. The number of carboxylic acid groups (broad SMARTS) is 1. The molecule has 0 unspecified atom stereocenters. The highest BCUT2D eigenvalue weighted by atomic mass is 32.1. The molecule has 0 atom stereocenters. The summed E-state index contributed by atoms with van der Waals surface area (Å²) in [7, 11) is 0. The highest BCUT2D eigenvalue weighted by Gasteiger charge is 2.19. The van der Waals surface area contributed by atoms with E-state index in [2.05, 4.69) is 20.6 Å². The quantitative estimate of drug-likeness (QED) is 0.680. The summed E-state index contributed by atoms with van der Waals surface area (Å²) in [6.45, 7) is 1.96. The number of carbonyl (C=O) groups excluding carboxylic acids is 1. The molecule has 0 spiro atoms. The summed E-state index contributed by atoms with van der Waals surface area (Å²) >= 11 is 1.28. The number of anilines is 1. The fourth-order valence-corrected chi connectivity index (χ4v) is 2.50. The van der Waals surface area contributed by atoms with Crippen molar-refractivity contribution in [3.8, 4) is 0 Å². The number of nitrogens with two attached hydrogens (primary N) is 1. The van der Waals surface area contributed by atoms with Crippen molar-refractivity contribution in [2.75, 3.05) is 11.9 Å². The molecule has 1 amide bonds. The molecule has 21 heavy (non-hydrogen) atoms. The molecule has 0 fully saturated rings. The van der Waals surface area contributed by atoms with E-state index in [1.807, 2.05) is 0 Å². The number of rotatable bonds is 6. The molecule has 4 N–H and O–H groups in total. The molecule has 0 aliphatic carbocycles. The monoisotopic (exact) mass is 310 g/mol. The molecule has 10 heteroatoms. The van der Waals surface area contributed by atoms with E-state index in [0.29, 0.717) is 29.5 Å². The standard InChI is InChI=1S/C11H14N6O3S/c1-6(18)13-11-14-7(5-21-11)4-17-8(2-3-12)9(10(19)20)15-16-17/h5H,2-4,12H2,1H3,(H,19,20)(H,13,14,18). The molecule has 9 nitrogen and oxygen atoms in total. The smallest absolute Gasteiger partial charge is 0.358 e. The number of thiazole rings is 1. The van der Waals surface area contributed by atoms with Gasteiger partial charge in [0.2, 0.25) is 5.91 Å². The van der Waals surface area contributed by atoms with Crippen LogP contribution in [0.3, 0.4) is 0 Å². The van der Waals surface area contributed by atoms with E-state index in [-0.39, 0.29) is 18.1 Å². The average molecular weight is 310 g/mol. The molecular formula is C11H14N6O3S. The number of amides is 1. The van der Waals surface area contributed by atoms with E-state index in [9.17, 15) is 9.59 Å². The zero-order chi connectivity index (χ0) is 15.4. The number of hydrogen-bond donors (Lipinski definition) is 3. The summed E-state index contributed by atoms with van der Waals surface area (Å²) in [5, 5.41) is 21.4. The first-order chi connectivity index (χ1) is 10.0. The van der Waals surface area contributed by atoms with Crippen molar-refractivity contribution < 1.29 is 14.7 Å². The molecule has 0 aromatic carbocycles. The van der Waals surface area contributed by atoms with E-state index in [0.717, 1.165) is 0 Å². The van der Waals surface area contributed by atoms with Crippen LogP contribution in [0, 0.1) is 0 Å². The van der Waals surface area contributed by atoms with Crippen molar-refractivity contribution in [1.82, 2.24) is 20.0 Å². The Kier molecular flexibility index (Phi) is 4.60. The number of hydrogen-bond acceptors (Lipinski definition) is 7. The molecule has 0 aliphatic heterocycles. The van der Waals surface area contributed by atoms with Gasteiger partial charge in [-0.2, -0.15) is 0 Å². The van der Waals surface area contributed by atoms with E-state index in [4.69, 9.17) is 10.8 Å². The van der Waals surface area contributed by atoms with Gasteiger partial charge >= 0.3 is 5.97 Å². The van der Waals surface area contributed by atoms with Crippen molar-refractivity contribution in [1.29, 1.82) is 0 Å². The van der Waals surface area contributed by atoms with Crippen LogP contribution in [0.4, 0.5) is 5.13 Å². The molecule has 0 saturated carbocycles. The van der Waals surface area contributed by atoms with Gasteiger partial charge in [0.1, 0.15) is 0 Å². The Balaban J connectivity index is 2.20. The summed E-state index contributed by atoms with van der Waals surface area (Å²) in [5.41, 5.74) is 6.50. The number of carboxylic acids is 1. The second kappa shape index (κ2) is 6.41. The minimum absolute atomic E-state index is 0.0993. The fourth-order valence-electron chi connectivity index (χ4n) is 1.75. The van der Waals surface area contributed by atoms with Crippen LogP contribution in [-0.4, -0.2) is 43.5 Å². The molecule has 2 heterocycles. The van der Waals surface area contributed by atoms with Crippen LogP contribution in [0.5, 0.6) is 0 Å². The number of aromatic nitrogens is 4. The first-order valence-electron chi connectivity index (χ1n) is 6.09. The molecular weight excluding hydrogens is 296 g/mol. The normalized spacial score (nSPS) is 10.6. The SMILES string of the molecule is CC(=O)Nc1nc(Cn2nnc(C(=O)O)c2CCN)cs1. The zero-order valence-corrected chi connectivity index (χ0v) is 12.1. The highest BCUT2D eigenvalue weighted by molar-refractivity contribution is 7.13. The molecule has 0 bridgehead atoms. The number of aromatic carboxylic acids is 1. The third-order valence-corrected chi connectivity index (χ3v) is 3.37. The maximum Gasteiger partial charge on any atom is 0.358 e. The van der Waals surface area contributed by atoms with Crippen LogP contribution in [0.15, 0.2) is 5.38 Å². The van der Waals surface area contributed by atoms with Gasteiger partial charge in [0.15, 0.2) is 10.8 Å². The molecule has 2 aromatic heterocycles. The van der Waals surface area contributed by atoms with Crippen LogP contribution in [0.1, 0.15) is 28.8 Å². The van der Waals surface area contributed by atoms with Crippen LogP contribution >= 0.6 is 11.3 Å².